The first-order valence-corrected chi connectivity index (χ1v) is 9.73. The van der Waals surface area contributed by atoms with Gasteiger partial charge in [-0.05, 0) is 34.1 Å². The Bertz CT molecular complexity index is 943. The molecule has 5 heteroatoms. The van der Waals surface area contributed by atoms with Gasteiger partial charge in [0.25, 0.3) is 0 Å². The molecule has 0 spiro atoms. The predicted molar refractivity (Wildman–Crippen MR) is 110 cm³/mol. The van der Waals surface area contributed by atoms with E-state index in [1.54, 1.807) is 24.3 Å². The monoisotopic (exact) mass is 396 g/mol. The number of fused-ring (bicyclic) bond motifs is 1. The highest BCUT2D eigenvalue weighted by molar-refractivity contribution is 5.90. The van der Waals surface area contributed by atoms with Gasteiger partial charge in [0, 0.05) is 18.1 Å². The van der Waals surface area contributed by atoms with Crippen molar-refractivity contribution < 1.29 is 24.1 Å². The number of carbonyl (C=O) groups excluding carboxylic acids is 2. The van der Waals surface area contributed by atoms with Crippen molar-refractivity contribution >= 4 is 11.9 Å². The minimum Gasteiger partial charge on any atom is -0.425 e. The second-order valence-electron chi connectivity index (χ2n) is 9.52. The molecule has 0 saturated heterocycles. The van der Waals surface area contributed by atoms with Crippen LogP contribution in [-0.2, 0) is 25.3 Å². The summed E-state index contributed by atoms with van der Waals surface area (Å²) < 4.78 is 5.77. The largest absolute Gasteiger partial charge is 0.425 e. The van der Waals surface area contributed by atoms with Gasteiger partial charge in [-0.15, -0.1) is 0 Å². The van der Waals surface area contributed by atoms with E-state index in [2.05, 4.69) is 58.6 Å². The second-order valence-corrected chi connectivity index (χ2v) is 9.52. The Labute approximate surface area is 171 Å². The fourth-order valence-corrected chi connectivity index (χ4v) is 3.39. The smallest absolute Gasteiger partial charge is 0.352 e. The van der Waals surface area contributed by atoms with Gasteiger partial charge in [-0.1, -0.05) is 65.8 Å². The van der Waals surface area contributed by atoms with Crippen molar-refractivity contribution in [2.45, 2.75) is 65.2 Å². The van der Waals surface area contributed by atoms with Crippen molar-refractivity contribution in [2.75, 3.05) is 0 Å². The molecule has 3 rings (SSSR count). The summed E-state index contributed by atoms with van der Waals surface area (Å²) in [6.07, 6.45) is 0. The topological polar surface area (TPSA) is 61.8 Å². The number of carbonyl (C=O) groups is 2. The van der Waals surface area contributed by atoms with Crippen molar-refractivity contribution in [3.05, 3.63) is 58.7 Å². The third kappa shape index (κ3) is 4.29. The van der Waals surface area contributed by atoms with Gasteiger partial charge in [0.05, 0.1) is 0 Å². The molecule has 0 radical (unpaired) electrons. The van der Waals surface area contributed by atoms with Crippen LogP contribution in [0.15, 0.2) is 36.4 Å². The van der Waals surface area contributed by atoms with E-state index in [1.807, 2.05) is 0 Å². The zero-order valence-corrected chi connectivity index (χ0v) is 18.1. The lowest BCUT2D eigenvalue weighted by atomic mass is 9.77. The van der Waals surface area contributed by atoms with Crippen molar-refractivity contribution in [1.29, 1.82) is 0 Å². The van der Waals surface area contributed by atoms with Crippen LogP contribution in [0, 0.1) is 0 Å². The van der Waals surface area contributed by atoms with Gasteiger partial charge in [-0.25, -0.2) is 4.79 Å². The molecular weight excluding hydrogens is 368 g/mol. The predicted octanol–water partition coefficient (Wildman–Crippen LogP) is 5.19. The summed E-state index contributed by atoms with van der Waals surface area (Å²) in [7, 11) is 0. The molecule has 2 aromatic rings. The number of rotatable bonds is 3. The molecule has 0 aromatic heterocycles. The molecule has 0 bridgehead atoms. The normalized spacial score (nSPS) is 16.2. The fourth-order valence-electron chi connectivity index (χ4n) is 3.39. The van der Waals surface area contributed by atoms with Crippen LogP contribution < -0.4 is 9.62 Å². The van der Waals surface area contributed by atoms with Crippen LogP contribution in [0.4, 0.5) is 0 Å². The number of hydrogen-bond donors (Lipinski definition) is 0. The third-order valence-electron chi connectivity index (χ3n) is 5.01. The summed E-state index contributed by atoms with van der Waals surface area (Å²) in [6.45, 7) is 14.1. The Morgan fingerprint density at radius 2 is 1.59 bits per heavy atom. The highest BCUT2D eigenvalue weighted by atomic mass is 17.2. The van der Waals surface area contributed by atoms with Crippen LogP contribution in [0.25, 0.3) is 0 Å². The van der Waals surface area contributed by atoms with Gasteiger partial charge >= 0.3 is 11.9 Å². The van der Waals surface area contributed by atoms with Gasteiger partial charge in [0.2, 0.25) is 0 Å². The molecule has 0 fully saturated rings. The van der Waals surface area contributed by atoms with E-state index in [0.29, 0.717) is 11.5 Å². The van der Waals surface area contributed by atoms with Crippen LogP contribution in [0.3, 0.4) is 0 Å². The molecule has 0 amide bonds. The quantitative estimate of drug-likeness (QED) is 0.309. The standard InChI is InChI=1S/C24H28O5/c1-14(25)28-29-17-10-8-15(9-11-17)20-18-12-16(23(2,3)4)13-19(24(5,6)7)21(18)27-22(20)26/h8-13,20H,1-7H3. The average molecular weight is 396 g/mol. The Hall–Kier alpha value is -2.82. The maximum absolute atomic E-state index is 12.8. The molecule has 0 aliphatic carbocycles. The Morgan fingerprint density at radius 3 is 2.10 bits per heavy atom. The molecule has 1 atom stereocenters. The first-order valence-electron chi connectivity index (χ1n) is 9.73. The summed E-state index contributed by atoms with van der Waals surface area (Å²) in [4.78, 5) is 33.2. The maximum atomic E-state index is 12.8. The fraction of sp³-hybridized carbons (Fsp3) is 0.417. The van der Waals surface area contributed by atoms with Crippen molar-refractivity contribution in [3.63, 3.8) is 0 Å². The molecule has 5 nitrogen and oxygen atoms in total. The Balaban J connectivity index is 2.06. The van der Waals surface area contributed by atoms with E-state index in [9.17, 15) is 9.59 Å². The first-order chi connectivity index (χ1) is 13.4. The van der Waals surface area contributed by atoms with E-state index in [-0.39, 0.29) is 16.8 Å². The molecule has 2 aromatic carbocycles. The molecule has 29 heavy (non-hydrogen) atoms. The zero-order chi connectivity index (χ0) is 21.6. The third-order valence-corrected chi connectivity index (χ3v) is 5.01. The van der Waals surface area contributed by atoms with Gasteiger partial charge in [0.1, 0.15) is 11.7 Å². The zero-order valence-electron chi connectivity index (χ0n) is 18.1. The highest BCUT2D eigenvalue weighted by Gasteiger charge is 2.39. The summed E-state index contributed by atoms with van der Waals surface area (Å²) in [5.41, 5.74) is 3.66. The van der Waals surface area contributed by atoms with Gasteiger partial charge in [-0.2, -0.15) is 0 Å². The lowest BCUT2D eigenvalue weighted by molar-refractivity contribution is -0.210. The summed E-state index contributed by atoms with van der Waals surface area (Å²) >= 11 is 0. The van der Waals surface area contributed by atoms with Crippen molar-refractivity contribution in [2.24, 2.45) is 0 Å². The lowest BCUT2D eigenvalue weighted by Crippen LogP contribution is -2.17. The summed E-state index contributed by atoms with van der Waals surface area (Å²) in [6, 6.07) is 11.2. The SMILES string of the molecule is CC(=O)OOc1ccc(C2C(=O)Oc3c2cc(C(C)(C)C)cc3C(C)(C)C)cc1. The lowest BCUT2D eigenvalue weighted by Gasteiger charge is -2.27. The molecular formula is C24H28O5. The van der Waals surface area contributed by atoms with Gasteiger partial charge in [0.15, 0.2) is 5.75 Å². The first kappa shape index (κ1) is 20.9. The maximum Gasteiger partial charge on any atom is 0.352 e. The average Bonchev–Trinajstić information content (AvgIpc) is 2.93. The molecule has 1 aliphatic heterocycles. The van der Waals surface area contributed by atoms with Crippen LogP contribution in [-0.4, -0.2) is 11.9 Å². The van der Waals surface area contributed by atoms with E-state index in [4.69, 9.17) is 9.62 Å². The molecule has 1 aliphatic rings. The molecule has 0 N–H and O–H groups in total. The second kappa shape index (κ2) is 7.21. The Kier molecular flexibility index (Phi) is 5.20. The number of ether oxygens (including phenoxy) is 1. The number of esters is 1. The van der Waals surface area contributed by atoms with Gasteiger partial charge < -0.3 is 4.74 Å². The molecule has 1 unspecified atom stereocenters. The minimum atomic E-state index is -0.535. The van der Waals surface area contributed by atoms with Crippen molar-refractivity contribution in [1.82, 2.24) is 0 Å². The van der Waals surface area contributed by atoms with Crippen molar-refractivity contribution in [3.8, 4) is 11.5 Å². The Morgan fingerprint density at radius 1 is 0.966 bits per heavy atom. The highest BCUT2D eigenvalue weighted by Crippen LogP contribution is 2.47. The molecule has 154 valence electrons. The van der Waals surface area contributed by atoms with Crippen LogP contribution in [0.5, 0.6) is 11.5 Å². The minimum absolute atomic E-state index is 0.0626. The van der Waals surface area contributed by atoms with Gasteiger partial charge in [-0.3, -0.25) is 14.6 Å². The van der Waals surface area contributed by atoms with Crippen LogP contribution in [0.1, 0.15) is 76.6 Å². The molecule has 0 saturated carbocycles. The summed E-state index contributed by atoms with van der Waals surface area (Å²) in [5.74, 6) is -0.275. The number of hydrogen-bond acceptors (Lipinski definition) is 5. The van der Waals surface area contributed by atoms with Crippen LogP contribution in [0.2, 0.25) is 0 Å². The van der Waals surface area contributed by atoms with Crippen LogP contribution >= 0.6 is 0 Å². The van der Waals surface area contributed by atoms with E-state index in [1.165, 1.54) is 12.5 Å². The number of benzene rings is 2. The van der Waals surface area contributed by atoms with E-state index >= 15 is 0 Å². The van der Waals surface area contributed by atoms with E-state index in [0.717, 1.165) is 16.7 Å². The molecule has 1 heterocycles. The summed E-state index contributed by atoms with van der Waals surface area (Å²) in [5, 5.41) is 0. The van der Waals surface area contributed by atoms with E-state index < -0.39 is 11.9 Å².